The SMILES string of the molecule is COc1cc(C(=O)N2CCCC(OC(=O)CCCN(C)C)c3cc(Cl)ccc32)ccc1NC(=O)c1ccccc1C. The van der Waals surface area contributed by atoms with Crippen molar-refractivity contribution < 1.29 is 23.9 Å². The summed E-state index contributed by atoms with van der Waals surface area (Å²) in [7, 11) is 5.42. The van der Waals surface area contributed by atoms with Crippen LogP contribution in [0.1, 0.15) is 63.6 Å². The third-order valence-electron chi connectivity index (χ3n) is 7.07. The number of aryl methyl sites for hydroxylation is 1. The zero-order valence-corrected chi connectivity index (χ0v) is 24.7. The smallest absolute Gasteiger partial charge is 0.306 e. The maximum Gasteiger partial charge on any atom is 0.306 e. The van der Waals surface area contributed by atoms with Crippen molar-refractivity contribution in [1.82, 2.24) is 4.90 Å². The van der Waals surface area contributed by atoms with Crippen molar-refractivity contribution in [3.63, 3.8) is 0 Å². The number of nitrogens with zero attached hydrogens (tertiary/aromatic N) is 2. The molecule has 1 unspecified atom stereocenters. The van der Waals surface area contributed by atoms with Gasteiger partial charge in [-0.2, -0.15) is 0 Å². The Hall–Kier alpha value is -3.88. The number of carbonyl (C=O) groups excluding carboxylic acids is 3. The fraction of sp³-hybridized carbons (Fsp3) is 0.344. The standard InChI is InChI=1S/C32H36ClN3O5/c1-21-9-5-6-10-24(21)31(38)34-26-15-13-22(19-29(26)40-4)32(39)36-18-7-11-28(25-20-23(33)14-16-27(25)36)41-30(37)12-8-17-35(2)3/h5-6,9-10,13-16,19-20,28H,7-8,11-12,17-18H2,1-4H3,(H,34,38). The van der Waals surface area contributed by atoms with Crippen LogP contribution < -0.4 is 15.0 Å². The summed E-state index contributed by atoms with van der Waals surface area (Å²) in [6.07, 6.45) is 1.73. The molecule has 9 heteroatoms. The molecule has 1 aliphatic heterocycles. The van der Waals surface area contributed by atoms with E-state index in [1.807, 2.05) is 44.1 Å². The minimum absolute atomic E-state index is 0.235. The molecule has 3 aromatic carbocycles. The number of esters is 1. The Labute approximate surface area is 246 Å². The highest BCUT2D eigenvalue weighted by Crippen LogP contribution is 2.38. The van der Waals surface area contributed by atoms with Gasteiger partial charge in [-0.25, -0.2) is 0 Å². The summed E-state index contributed by atoms with van der Waals surface area (Å²) in [5, 5.41) is 3.39. The molecule has 4 rings (SSSR count). The van der Waals surface area contributed by atoms with Crippen molar-refractivity contribution in [1.29, 1.82) is 0 Å². The van der Waals surface area contributed by atoms with Gasteiger partial charge in [0.2, 0.25) is 0 Å². The normalized spacial score (nSPS) is 14.7. The average Bonchev–Trinajstić information content (AvgIpc) is 3.11. The van der Waals surface area contributed by atoms with Crippen LogP contribution in [-0.4, -0.2) is 57.0 Å². The lowest BCUT2D eigenvalue weighted by Gasteiger charge is -2.25. The number of rotatable bonds is 9. The quantitative estimate of drug-likeness (QED) is 0.301. The van der Waals surface area contributed by atoms with Crippen molar-refractivity contribution in [2.75, 3.05) is 44.5 Å². The second-order valence-electron chi connectivity index (χ2n) is 10.4. The zero-order valence-electron chi connectivity index (χ0n) is 23.9. The van der Waals surface area contributed by atoms with Gasteiger partial charge < -0.3 is 24.6 Å². The summed E-state index contributed by atoms with van der Waals surface area (Å²) in [5.74, 6) is -0.396. The summed E-state index contributed by atoms with van der Waals surface area (Å²) < 4.78 is 11.4. The number of carbonyl (C=O) groups is 3. The van der Waals surface area contributed by atoms with E-state index in [9.17, 15) is 14.4 Å². The molecular formula is C32H36ClN3O5. The van der Waals surface area contributed by atoms with Crippen LogP contribution in [0.5, 0.6) is 5.75 Å². The maximum absolute atomic E-state index is 13.8. The lowest BCUT2D eigenvalue weighted by molar-refractivity contribution is -0.150. The largest absolute Gasteiger partial charge is 0.495 e. The molecule has 3 aromatic rings. The number of benzene rings is 3. The number of fused-ring (bicyclic) bond motifs is 1. The van der Waals surface area contributed by atoms with Crippen LogP contribution in [0.25, 0.3) is 0 Å². The Morgan fingerprint density at radius 2 is 1.85 bits per heavy atom. The highest BCUT2D eigenvalue weighted by molar-refractivity contribution is 6.30. The monoisotopic (exact) mass is 577 g/mol. The summed E-state index contributed by atoms with van der Waals surface area (Å²) in [4.78, 5) is 43.1. The fourth-order valence-corrected chi connectivity index (χ4v) is 5.11. The third kappa shape index (κ3) is 7.45. The first-order valence-corrected chi connectivity index (χ1v) is 14.1. The molecule has 0 radical (unpaired) electrons. The third-order valence-corrected chi connectivity index (χ3v) is 7.30. The van der Waals surface area contributed by atoms with Crippen LogP contribution >= 0.6 is 11.6 Å². The van der Waals surface area contributed by atoms with E-state index in [-0.39, 0.29) is 17.8 Å². The second-order valence-corrected chi connectivity index (χ2v) is 10.8. The highest BCUT2D eigenvalue weighted by atomic mass is 35.5. The predicted molar refractivity (Wildman–Crippen MR) is 161 cm³/mol. The van der Waals surface area contributed by atoms with Crippen LogP contribution in [0.4, 0.5) is 11.4 Å². The summed E-state index contributed by atoms with van der Waals surface area (Å²) in [6.45, 7) is 3.11. The first-order chi connectivity index (χ1) is 19.7. The summed E-state index contributed by atoms with van der Waals surface area (Å²) in [5.41, 5.74) is 3.63. The molecule has 2 amide bonds. The van der Waals surface area contributed by atoms with E-state index in [4.69, 9.17) is 21.1 Å². The molecule has 41 heavy (non-hydrogen) atoms. The minimum Gasteiger partial charge on any atom is -0.495 e. The van der Waals surface area contributed by atoms with Gasteiger partial charge >= 0.3 is 5.97 Å². The molecule has 0 aliphatic carbocycles. The van der Waals surface area contributed by atoms with Crippen molar-refractivity contribution in [3.05, 3.63) is 87.9 Å². The van der Waals surface area contributed by atoms with E-state index < -0.39 is 6.10 Å². The van der Waals surface area contributed by atoms with Gasteiger partial charge in [0.15, 0.2) is 0 Å². The first-order valence-electron chi connectivity index (χ1n) is 13.7. The van der Waals surface area contributed by atoms with Crippen molar-refractivity contribution in [2.45, 2.75) is 38.7 Å². The van der Waals surface area contributed by atoms with E-state index in [1.165, 1.54) is 7.11 Å². The van der Waals surface area contributed by atoms with Crippen LogP contribution in [0, 0.1) is 6.92 Å². The molecule has 1 atom stereocenters. The average molecular weight is 578 g/mol. The zero-order chi connectivity index (χ0) is 29.5. The Morgan fingerprint density at radius 3 is 2.59 bits per heavy atom. The van der Waals surface area contributed by atoms with Crippen LogP contribution in [0.15, 0.2) is 60.7 Å². The van der Waals surface area contributed by atoms with Gasteiger partial charge in [0.1, 0.15) is 11.9 Å². The Balaban J connectivity index is 1.56. The molecule has 0 saturated heterocycles. The van der Waals surface area contributed by atoms with Gasteiger partial charge in [0.05, 0.1) is 18.5 Å². The maximum atomic E-state index is 13.8. The number of hydrogen-bond acceptors (Lipinski definition) is 6. The Morgan fingerprint density at radius 1 is 1.07 bits per heavy atom. The first kappa shape index (κ1) is 30.1. The summed E-state index contributed by atoms with van der Waals surface area (Å²) in [6, 6.07) is 17.6. The minimum atomic E-state index is -0.498. The molecule has 0 aromatic heterocycles. The van der Waals surface area contributed by atoms with Gasteiger partial charge in [0, 0.05) is 34.7 Å². The fourth-order valence-electron chi connectivity index (χ4n) is 4.93. The van der Waals surface area contributed by atoms with Gasteiger partial charge in [-0.1, -0.05) is 29.8 Å². The topological polar surface area (TPSA) is 88.2 Å². The van der Waals surface area contributed by atoms with Gasteiger partial charge in [-0.3, -0.25) is 14.4 Å². The van der Waals surface area contributed by atoms with Crippen molar-refractivity contribution in [3.8, 4) is 5.75 Å². The van der Waals surface area contributed by atoms with Crippen LogP contribution in [0.2, 0.25) is 5.02 Å². The van der Waals surface area contributed by atoms with E-state index in [1.54, 1.807) is 47.4 Å². The van der Waals surface area contributed by atoms with E-state index in [0.29, 0.717) is 71.1 Å². The van der Waals surface area contributed by atoms with E-state index >= 15 is 0 Å². The molecule has 1 aliphatic rings. The number of halogens is 1. The molecule has 0 spiro atoms. The predicted octanol–water partition coefficient (Wildman–Crippen LogP) is 6.28. The van der Waals surface area contributed by atoms with Gasteiger partial charge in [0.25, 0.3) is 11.8 Å². The number of anilines is 2. The number of hydrogen-bond donors (Lipinski definition) is 1. The highest BCUT2D eigenvalue weighted by Gasteiger charge is 2.30. The van der Waals surface area contributed by atoms with Gasteiger partial charge in [-0.15, -0.1) is 0 Å². The van der Waals surface area contributed by atoms with Crippen LogP contribution in [0.3, 0.4) is 0 Å². The lowest BCUT2D eigenvalue weighted by atomic mass is 10.0. The molecule has 8 nitrogen and oxygen atoms in total. The molecule has 0 fully saturated rings. The second kappa shape index (κ2) is 13.7. The molecule has 0 saturated carbocycles. The summed E-state index contributed by atoms with van der Waals surface area (Å²) >= 11 is 6.35. The number of amides is 2. The lowest BCUT2D eigenvalue weighted by Crippen LogP contribution is -2.31. The Kier molecular flexibility index (Phi) is 10.0. The molecule has 1 heterocycles. The number of ether oxygens (including phenoxy) is 2. The number of nitrogens with one attached hydrogen (secondary N) is 1. The van der Waals surface area contributed by atoms with Gasteiger partial charge in [-0.05, 0) is 94.9 Å². The molecule has 0 bridgehead atoms. The van der Waals surface area contributed by atoms with E-state index in [0.717, 1.165) is 12.1 Å². The van der Waals surface area contributed by atoms with Crippen LogP contribution in [-0.2, 0) is 9.53 Å². The number of methoxy groups -OCH3 is 1. The molecule has 216 valence electrons. The molecular weight excluding hydrogens is 542 g/mol. The Bertz CT molecular complexity index is 1420. The van der Waals surface area contributed by atoms with Crippen molar-refractivity contribution in [2.24, 2.45) is 0 Å². The van der Waals surface area contributed by atoms with Crippen molar-refractivity contribution >= 4 is 40.8 Å². The van der Waals surface area contributed by atoms with E-state index in [2.05, 4.69) is 5.32 Å². The molecule has 1 N–H and O–H groups in total.